The van der Waals surface area contributed by atoms with Gasteiger partial charge in [-0.3, -0.25) is 4.79 Å². The summed E-state index contributed by atoms with van der Waals surface area (Å²) in [5, 5.41) is 0. The van der Waals surface area contributed by atoms with Crippen molar-refractivity contribution in [3.63, 3.8) is 0 Å². The molecule has 0 aromatic carbocycles. The Morgan fingerprint density at radius 2 is 1.39 bits per heavy atom. The average Bonchev–Trinajstić information content (AvgIpc) is 2.26. The summed E-state index contributed by atoms with van der Waals surface area (Å²) in [5.41, 5.74) is 0. The van der Waals surface area contributed by atoms with Crippen LogP contribution in [0.15, 0.2) is 0 Å². The number of nitrogens with zero attached hydrogens (tertiary/aromatic N) is 2. The van der Waals surface area contributed by atoms with Crippen LogP contribution in [-0.2, 0) is 14.8 Å². The molecule has 0 atom stereocenters. The topological polar surface area (TPSA) is 57.7 Å². The number of sulfonamides is 1. The van der Waals surface area contributed by atoms with E-state index < -0.39 is 10.0 Å². The van der Waals surface area contributed by atoms with Crippen molar-refractivity contribution in [3.8, 4) is 0 Å². The smallest absolute Gasteiger partial charge is 0.237 e. The number of hydrogen-bond donors (Lipinski definition) is 0. The van der Waals surface area contributed by atoms with Crippen LogP contribution in [-0.4, -0.2) is 56.0 Å². The van der Waals surface area contributed by atoms with Gasteiger partial charge in [0.2, 0.25) is 15.9 Å². The quantitative estimate of drug-likeness (QED) is 0.639. The fourth-order valence-corrected chi connectivity index (χ4v) is 2.62. The molecule has 0 saturated heterocycles. The van der Waals surface area contributed by atoms with Crippen LogP contribution in [0, 0.1) is 0 Å². The van der Waals surface area contributed by atoms with E-state index in [1.165, 1.54) is 4.31 Å². The van der Waals surface area contributed by atoms with Crippen LogP contribution in [0.25, 0.3) is 0 Å². The van der Waals surface area contributed by atoms with Crippen LogP contribution < -0.4 is 0 Å². The van der Waals surface area contributed by atoms with E-state index in [1.807, 2.05) is 20.8 Å². The van der Waals surface area contributed by atoms with Gasteiger partial charge in [-0.05, 0) is 19.3 Å². The summed E-state index contributed by atoms with van der Waals surface area (Å²) < 4.78 is 24.4. The third-order valence-electron chi connectivity index (χ3n) is 2.59. The summed E-state index contributed by atoms with van der Waals surface area (Å²) >= 11 is 0. The van der Waals surface area contributed by atoms with Crippen LogP contribution in [0.1, 0.15) is 40.0 Å². The van der Waals surface area contributed by atoms with Gasteiger partial charge < -0.3 is 4.90 Å². The largest absolute Gasteiger partial charge is 0.342 e. The zero-order valence-electron chi connectivity index (χ0n) is 12.0. The molecule has 0 aromatic heterocycles. The van der Waals surface area contributed by atoms with Crippen molar-refractivity contribution in [2.24, 2.45) is 0 Å². The molecule has 0 aromatic rings. The van der Waals surface area contributed by atoms with Crippen LogP contribution in [0.5, 0.6) is 0 Å². The van der Waals surface area contributed by atoms with Gasteiger partial charge in [0.25, 0.3) is 0 Å². The third kappa shape index (κ3) is 6.35. The first-order chi connectivity index (χ1) is 8.36. The fourth-order valence-electron chi connectivity index (χ4n) is 1.76. The predicted octanol–water partition coefficient (Wildman–Crippen LogP) is 1.31. The summed E-state index contributed by atoms with van der Waals surface area (Å²) in [6.07, 6.45) is 3.64. The molecule has 0 unspecified atom stereocenters. The number of amides is 1. The normalized spacial score (nSPS) is 11.8. The van der Waals surface area contributed by atoms with Crippen molar-refractivity contribution in [2.75, 3.05) is 32.4 Å². The van der Waals surface area contributed by atoms with E-state index in [2.05, 4.69) is 0 Å². The zero-order chi connectivity index (χ0) is 14.2. The van der Waals surface area contributed by atoms with Gasteiger partial charge in [-0.15, -0.1) is 0 Å². The highest BCUT2D eigenvalue weighted by molar-refractivity contribution is 7.88. The summed E-state index contributed by atoms with van der Waals surface area (Å²) in [6.45, 7) is 7.67. The van der Waals surface area contributed by atoms with Gasteiger partial charge in [0, 0.05) is 19.6 Å². The molecular weight excluding hydrogens is 252 g/mol. The lowest BCUT2D eigenvalue weighted by molar-refractivity contribution is -0.131. The molecule has 108 valence electrons. The molecule has 0 N–H and O–H groups in total. The molecule has 0 rings (SSSR count). The minimum atomic E-state index is -3.30. The zero-order valence-corrected chi connectivity index (χ0v) is 12.8. The van der Waals surface area contributed by atoms with Crippen molar-refractivity contribution in [3.05, 3.63) is 0 Å². The Bertz CT molecular complexity index is 335. The number of carbonyl (C=O) groups is 1. The van der Waals surface area contributed by atoms with E-state index in [-0.39, 0.29) is 12.5 Å². The second-order valence-electron chi connectivity index (χ2n) is 4.48. The lowest BCUT2D eigenvalue weighted by atomic mass is 10.3. The van der Waals surface area contributed by atoms with Gasteiger partial charge in [0.1, 0.15) is 0 Å². The van der Waals surface area contributed by atoms with Gasteiger partial charge in [-0.25, -0.2) is 8.42 Å². The van der Waals surface area contributed by atoms with E-state index >= 15 is 0 Å². The molecule has 0 bridgehead atoms. The standard InChI is InChI=1S/C12H26N2O3S/c1-5-8-13(9-6-2)12(15)11-14(10-7-3)18(4,16)17/h5-11H2,1-4H3. The molecule has 0 saturated carbocycles. The second-order valence-corrected chi connectivity index (χ2v) is 6.46. The van der Waals surface area contributed by atoms with Crippen molar-refractivity contribution < 1.29 is 13.2 Å². The average molecular weight is 278 g/mol. The maximum Gasteiger partial charge on any atom is 0.237 e. The van der Waals surface area contributed by atoms with Crippen molar-refractivity contribution >= 4 is 15.9 Å². The molecule has 0 fully saturated rings. The molecule has 6 heteroatoms. The SMILES string of the molecule is CCCN(CCC)C(=O)CN(CCC)S(C)(=O)=O. The minimum absolute atomic E-state index is 0.0350. The molecule has 0 aliphatic carbocycles. The van der Waals surface area contributed by atoms with Crippen LogP contribution in [0.3, 0.4) is 0 Å². The lowest BCUT2D eigenvalue weighted by Gasteiger charge is -2.25. The summed E-state index contributed by atoms with van der Waals surface area (Å²) in [7, 11) is -3.30. The van der Waals surface area contributed by atoms with E-state index in [0.29, 0.717) is 26.1 Å². The Kier molecular flexibility index (Phi) is 8.18. The van der Waals surface area contributed by atoms with Crippen molar-refractivity contribution in [1.29, 1.82) is 0 Å². The monoisotopic (exact) mass is 278 g/mol. The highest BCUT2D eigenvalue weighted by Gasteiger charge is 2.21. The Morgan fingerprint density at radius 1 is 0.944 bits per heavy atom. The van der Waals surface area contributed by atoms with Crippen molar-refractivity contribution in [1.82, 2.24) is 9.21 Å². The fraction of sp³-hybridized carbons (Fsp3) is 0.917. The summed E-state index contributed by atoms with van der Waals surface area (Å²) in [6, 6.07) is 0. The molecule has 18 heavy (non-hydrogen) atoms. The van der Waals surface area contributed by atoms with Crippen LogP contribution >= 0.6 is 0 Å². The highest BCUT2D eigenvalue weighted by atomic mass is 32.2. The van der Waals surface area contributed by atoms with E-state index in [4.69, 9.17) is 0 Å². The first-order valence-electron chi connectivity index (χ1n) is 6.59. The molecule has 5 nitrogen and oxygen atoms in total. The number of carbonyl (C=O) groups excluding carboxylic acids is 1. The van der Waals surface area contributed by atoms with Gasteiger partial charge in [0.15, 0.2) is 0 Å². The summed E-state index contributed by atoms with van der Waals surface area (Å²) in [5.74, 6) is -0.0995. The molecule has 0 spiro atoms. The maximum absolute atomic E-state index is 12.1. The van der Waals surface area contributed by atoms with E-state index in [0.717, 1.165) is 19.1 Å². The Hall–Kier alpha value is -0.620. The summed E-state index contributed by atoms with van der Waals surface area (Å²) in [4.78, 5) is 13.8. The molecule has 0 aliphatic rings. The van der Waals surface area contributed by atoms with Crippen molar-refractivity contribution in [2.45, 2.75) is 40.0 Å². The Balaban J connectivity index is 4.65. The maximum atomic E-state index is 12.1. The molecule has 0 aliphatic heterocycles. The number of hydrogen-bond acceptors (Lipinski definition) is 3. The van der Waals surface area contributed by atoms with E-state index in [1.54, 1.807) is 4.90 Å². The molecule has 0 radical (unpaired) electrons. The Morgan fingerprint density at radius 3 is 1.72 bits per heavy atom. The highest BCUT2D eigenvalue weighted by Crippen LogP contribution is 2.03. The Labute approximate surface area is 111 Å². The van der Waals surface area contributed by atoms with Gasteiger partial charge in [-0.1, -0.05) is 20.8 Å². The first-order valence-corrected chi connectivity index (χ1v) is 8.44. The van der Waals surface area contributed by atoms with Gasteiger partial charge >= 0.3 is 0 Å². The number of rotatable bonds is 9. The first kappa shape index (κ1) is 17.4. The van der Waals surface area contributed by atoms with Gasteiger partial charge in [-0.2, -0.15) is 4.31 Å². The lowest BCUT2D eigenvalue weighted by Crippen LogP contribution is -2.43. The third-order valence-corrected chi connectivity index (χ3v) is 3.84. The van der Waals surface area contributed by atoms with Gasteiger partial charge in [0.05, 0.1) is 12.8 Å². The second kappa shape index (κ2) is 8.48. The minimum Gasteiger partial charge on any atom is -0.342 e. The molecule has 0 heterocycles. The van der Waals surface area contributed by atoms with E-state index in [9.17, 15) is 13.2 Å². The van der Waals surface area contributed by atoms with Crippen LogP contribution in [0.4, 0.5) is 0 Å². The molecule has 1 amide bonds. The predicted molar refractivity (Wildman–Crippen MR) is 73.9 cm³/mol. The molecular formula is C12H26N2O3S. The van der Waals surface area contributed by atoms with Crippen LogP contribution in [0.2, 0.25) is 0 Å².